The second-order valence-corrected chi connectivity index (χ2v) is 5.88. The molecule has 1 saturated carbocycles. The van der Waals surface area contributed by atoms with Gasteiger partial charge in [-0.1, -0.05) is 19.3 Å². The molecule has 2 aliphatic rings. The molecule has 1 aliphatic heterocycles. The van der Waals surface area contributed by atoms with Crippen LogP contribution in [-0.2, 0) is 0 Å². The Morgan fingerprint density at radius 2 is 1.68 bits per heavy atom. The molecule has 4 nitrogen and oxygen atoms in total. The summed E-state index contributed by atoms with van der Waals surface area (Å²) < 4.78 is 0. The molecule has 0 unspecified atom stereocenters. The number of nitrogens with zero attached hydrogens (tertiary/aromatic N) is 3. The van der Waals surface area contributed by atoms with Crippen molar-refractivity contribution in [2.24, 2.45) is 0 Å². The zero-order valence-corrected chi connectivity index (χ0v) is 11.5. The lowest BCUT2D eigenvalue weighted by atomic mass is 9.80. The third-order valence-corrected chi connectivity index (χ3v) is 4.39. The molecular formula is C15H23N3O. The molecule has 3 rings (SSSR count). The van der Waals surface area contributed by atoms with Gasteiger partial charge in [0.25, 0.3) is 0 Å². The van der Waals surface area contributed by atoms with E-state index in [2.05, 4.69) is 20.9 Å². The largest absolute Gasteiger partial charge is 0.393 e. The molecule has 1 N–H and O–H groups in total. The van der Waals surface area contributed by atoms with Gasteiger partial charge in [0, 0.05) is 30.8 Å². The Bertz CT molecular complexity index is 410. The van der Waals surface area contributed by atoms with Crippen molar-refractivity contribution in [3.8, 4) is 0 Å². The number of anilines is 1. The molecule has 1 aromatic rings. The van der Waals surface area contributed by atoms with Crippen molar-refractivity contribution in [1.82, 2.24) is 9.97 Å². The molecule has 4 heteroatoms. The highest BCUT2D eigenvalue weighted by molar-refractivity contribution is 5.40. The van der Waals surface area contributed by atoms with Crippen molar-refractivity contribution in [3.63, 3.8) is 0 Å². The number of aromatic nitrogens is 2. The highest BCUT2D eigenvalue weighted by atomic mass is 16.3. The first-order valence-corrected chi connectivity index (χ1v) is 7.58. The highest BCUT2D eigenvalue weighted by Crippen LogP contribution is 2.36. The fourth-order valence-electron chi connectivity index (χ4n) is 3.06. The maximum atomic E-state index is 9.41. The molecule has 1 aromatic heterocycles. The highest BCUT2D eigenvalue weighted by Gasteiger charge is 2.30. The summed E-state index contributed by atoms with van der Waals surface area (Å²) in [5.41, 5.74) is 1.11. The van der Waals surface area contributed by atoms with Gasteiger partial charge in [-0.3, -0.25) is 0 Å². The summed E-state index contributed by atoms with van der Waals surface area (Å²) in [6, 6.07) is 2.14. The van der Waals surface area contributed by atoms with E-state index in [-0.39, 0.29) is 6.10 Å². The summed E-state index contributed by atoms with van der Waals surface area (Å²) >= 11 is 0. The quantitative estimate of drug-likeness (QED) is 0.888. The predicted molar refractivity (Wildman–Crippen MR) is 75.3 cm³/mol. The molecule has 0 bridgehead atoms. The van der Waals surface area contributed by atoms with E-state index in [1.807, 2.05) is 0 Å². The zero-order chi connectivity index (χ0) is 13.1. The first-order valence-electron chi connectivity index (χ1n) is 7.58. The number of hydrogen-bond acceptors (Lipinski definition) is 4. The fourth-order valence-corrected chi connectivity index (χ4v) is 3.06. The van der Waals surface area contributed by atoms with Crippen molar-refractivity contribution in [1.29, 1.82) is 0 Å². The van der Waals surface area contributed by atoms with Crippen LogP contribution < -0.4 is 4.90 Å². The molecule has 2 fully saturated rings. The van der Waals surface area contributed by atoms with Gasteiger partial charge in [-0.2, -0.15) is 0 Å². The maximum absolute atomic E-state index is 9.41. The standard InChI is InChI=1S/C15H23N3O/c19-13-8-12(9-13)14-10-15(17-11-16-14)18-6-4-2-1-3-5-7-18/h10-13,19H,1-9H2. The van der Waals surface area contributed by atoms with E-state index in [9.17, 15) is 5.11 Å². The van der Waals surface area contributed by atoms with Crippen LogP contribution in [0.2, 0.25) is 0 Å². The van der Waals surface area contributed by atoms with E-state index in [1.54, 1.807) is 6.33 Å². The molecule has 1 saturated heterocycles. The van der Waals surface area contributed by atoms with Gasteiger partial charge in [0.2, 0.25) is 0 Å². The van der Waals surface area contributed by atoms with Gasteiger partial charge < -0.3 is 10.0 Å². The number of hydrogen-bond donors (Lipinski definition) is 1. The van der Waals surface area contributed by atoms with Crippen molar-refractivity contribution >= 4 is 5.82 Å². The van der Waals surface area contributed by atoms with Crippen molar-refractivity contribution in [2.45, 2.75) is 57.0 Å². The maximum Gasteiger partial charge on any atom is 0.132 e. The molecule has 0 aromatic carbocycles. The summed E-state index contributed by atoms with van der Waals surface area (Å²) in [6.45, 7) is 2.23. The fraction of sp³-hybridized carbons (Fsp3) is 0.733. The van der Waals surface area contributed by atoms with Crippen molar-refractivity contribution < 1.29 is 5.11 Å². The third kappa shape index (κ3) is 3.06. The third-order valence-electron chi connectivity index (χ3n) is 4.39. The summed E-state index contributed by atoms with van der Waals surface area (Å²) in [5, 5.41) is 9.41. The van der Waals surface area contributed by atoms with Crippen LogP contribution in [0.1, 0.15) is 56.6 Å². The van der Waals surface area contributed by atoms with Crippen LogP contribution in [0.5, 0.6) is 0 Å². The zero-order valence-electron chi connectivity index (χ0n) is 11.5. The number of aliphatic hydroxyl groups is 1. The monoisotopic (exact) mass is 261 g/mol. The van der Waals surface area contributed by atoms with Crippen molar-refractivity contribution in [3.05, 3.63) is 18.1 Å². The lowest BCUT2D eigenvalue weighted by molar-refractivity contribution is 0.0732. The van der Waals surface area contributed by atoms with Crippen LogP contribution in [-0.4, -0.2) is 34.3 Å². The van der Waals surface area contributed by atoms with Crippen LogP contribution in [0.15, 0.2) is 12.4 Å². The number of rotatable bonds is 2. The van der Waals surface area contributed by atoms with Gasteiger partial charge in [-0.25, -0.2) is 9.97 Å². The molecule has 0 spiro atoms. The molecule has 0 amide bonds. The van der Waals surface area contributed by atoms with E-state index >= 15 is 0 Å². The van der Waals surface area contributed by atoms with E-state index in [0.717, 1.165) is 37.4 Å². The second-order valence-electron chi connectivity index (χ2n) is 5.88. The van der Waals surface area contributed by atoms with Crippen LogP contribution in [0.25, 0.3) is 0 Å². The summed E-state index contributed by atoms with van der Waals surface area (Å²) in [7, 11) is 0. The molecule has 0 atom stereocenters. The average molecular weight is 261 g/mol. The Labute approximate surface area is 114 Å². The second kappa shape index (κ2) is 5.87. The smallest absolute Gasteiger partial charge is 0.132 e. The molecule has 2 heterocycles. The Morgan fingerprint density at radius 1 is 1.00 bits per heavy atom. The van der Waals surface area contributed by atoms with Gasteiger partial charge in [0.15, 0.2) is 0 Å². The molecular weight excluding hydrogens is 238 g/mol. The minimum absolute atomic E-state index is 0.120. The van der Waals surface area contributed by atoms with Crippen LogP contribution in [0.4, 0.5) is 5.82 Å². The minimum atomic E-state index is -0.120. The lowest BCUT2D eigenvalue weighted by Gasteiger charge is -2.32. The van der Waals surface area contributed by atoms with E-state index < -0.39 is 0 Å². The van der Waals surface area contributed by atoms with E-state index in [1.165, 1.54) is 32.1 Å². The van der Waals surface area contributed by atoms with Crippen LogP contribution in [0, 0.1) is 0 Å². The van der Waals surface area contributed by atoms with Gasteiger partial charge in [-0.05, 0) is 25.7 Å². The lowest BCUT2D eigenvalue weighted by Crippen LogP contribution is -2.30. The molecule has 1 aliphatic carbocycles. The van der Waals surface area contributed by atoms with E-state index in [0.29, 0.717) is 5.92 Å². The molecule has 0 radical (unpaired) electrons. The summed E-state index contributed by atoms with van der Waals surface area (Å²) in [5.74, 6) is 1.51. The first-order chi connectivity index (χ1) is 9.33. The van der Waals surface area contributed by atoms with Gasteiger partial charge in [0.1, 0.15) is 12.1 Å². The van der Waals surface area contributed by atoms with Gasteiger partial charge >= 0.3 is 0 Å². The van der Waals surface area contributed by atoms with E-state index in [4.69, 9.17) is 0 Å². The van der Waals surface area contributed by atoms with Gasteiger partial charge in [0.05, 0.1) is 6.10 Å². The van der Waals surface area contributed by atoms with Gasteiger partial charge in [-0.15, -0.1) is 0 Å². The SMILES string of the molecule is OC1CC(c2cc(N3CCCCCCC3)ncn2)C1. The van der Waals surface area contributed by atoms with Crippen molar-refractivity contribution in [2.75, 3.05) is 18.0 Å². The minimum Gasteiger partial charge on any atom is -0.393 e. The normalized spacial score (nSPS) is 28.4. The molecule has 19 heavy (non-hydrogen) atoms. The summed E-state index contributed by atoms with van der Waals surface area (Å²) in [4.78, 5) is 11.2. The topological polar surface area (TPSA) is 49.2 Å². The Balaban J connectivity index is 1.70. The Morgan fingerprint density at radius 3 is 2.37 bits per heavy atom. The Kier molecular flexibility index (Phi) is 3.97. The predicted octanol–water partition coefficient (Wildman–Crippen LogP) is 2.49. The average Bonchev–Trinajstić information content (AvgIpc) is 2.35. The number of aliphatic hydroxyl groups excluding tert-OH is 1. The van der Waals surface area contributed by atoms with Crippen LogP contribution in [0.3, 0.4) is 0 Å². The molecule has 104 valence electrons. The first kappa shape index (κ1) is 12.9. The van der Waals surface area contributed by atoms with Crippen LogP contribution >= 0.6 is 0 Å². The Hall–Kier alpha value is -1.16. The summed E-state index contributed by atoms with van der Waals surface area (Å²) in [6.07, 6.45) is 9.87.